The summed E-state index contributed by atoms with van der Waals surface area (Å²) in [7, 11) is 5.56. The van der Waals surface area contributed by atoms with Crippen LogP contribution in [-0.4, -0.2) is 51.8 Å². The molecule has 0 unspecified atom stereocenters. The molecule has 20 heavy (non-hydrogen) atoms. The van der Waals surface area contributed by atoms with Crippen molar-refractivity contribution in [2.75, 3.05) is 41.0 Å². The molecule has 0 saturated heterocycles. The van der Waals surface area contributed by atoms with Gasteiger partial charge < -0.3 is 19.1 Å². The van der Waals surface area contributed by atoms with Crippen LogP contribution in [0.4, 0.5) is 0 Å². The number of halogens is 1. The van der Waals surface area contributed by atoms with Gasteiger partial charge in [-0.2, -0.15) is 0 Å². The summed E-state index contributed by atoms with van der Waals surface area (Å²) in [5.41, 5.74) is 0. The number of esters is 1. The van der Waals surface area contributed by atoms with E-state index in [2.05, 4.69) is 0 Å². The summed E-state index contributed by atoms with van der Waals surface area (Å²) in [5.74, 6) is 1.01. The smallest absolute Gasteiger partial charge is 0.344 e. The summed E-state index contributed by atoms with van der Waals surface area (Å²) in [6.07, 6.45) is 0.821. The third kappa shape index (κ3) is 7.86. The Balaban J connectivity index is 0.00000361. The molecule has 0 saturated carbocycles. The van der Waals surface area contributed by atoms with Gasteiger partial charge in [0.25, 0.3) is 0 Å². The highest BCUT2D eigenvalue weighted by atomic mass is 35.5. The van der Waals surface area contributed by atoms with Crippen molar-refractivity contribution in [1.29, 1.82) is 0 Å². The van der Waals surface area contributed by atoms with Crippen LogP contribution in [0, 0.1) is 0 Å². The monoisotopic (exact) mass is 303 g/mol. The van der Waals surface area contributed by atoms with Crippen molar-refractivity contribution in [3.05, 3.63) is 24.3 Å². The first-order chi connectivity index (χ1) is 9.11. The Morgan fingerprint density at radius 1 is 1.15 bits per heavy atom. The molecule has 6 heteroatoms. The number of nitrogens with zero attached hydrogens (tertiary/aromatic N) is 1. The molecule has 0 fully saturated rings. The van der Waals surface area contributed by atoms with E-state index in [4.69, 9.17) is 14.2 Å². The molecular formula is C14H22ClNO4. The Morgan fingerprint density at radius 3 is 2.30 bits per heavy atom. The van der Waals surface area contributed by atoms with E-state index >= 15 is 0 Å². The van der Waals surface area contributed by atoms with E-state index in [0.29, 0.717) is 12.4 Å². The molecule has 1 aromatic carbocycles. The summed E-state index contributed by atoms with van der Waals surface area (Å²) >= 11 is 0. The van der Waals surface area contributed by atoms with Crippen LogP contribution in [0.2, 0.25) is 0 Å². The minimum absolute atomic E-state index is 0. The van der Waals surface area contributed by atoms with E-state index in [9.17, 15) is 4.79 Å². The van der Waals surface area contributed by atoms with E-state index in [1.807, 2.05) is 19.0 Å². The lowest BCUT2D eigenvalue weighted by molar-refractivity contribution is -0.146. The summed E-state index contributed by atoms with van der Waals surface area (Å²) in [4.78, 5) is 13.4. The lowest BCUT2D eigenvalue weighted by atomic mass is 10.3. The van der Waals surface area contributed by atoms with Gasteiger partial charge in [0.05, 0.1) is 13.7 Å². The van der Waals surface area contributed by atoms with Crippen molar-refractivity contribution in [3.8, 4) is 11.5 Å². The summed E-state index contributed by atoms with van der Waals surface area (Å²) in [6, 6.07) is 7.05. The van der Waals surface area contributed by atoms with Gasteiger partial charge in [0.1, 0.15) is 11.5 Å². The number of benzene rings is 1. The second-order valence-corrected chi connectivity index (χ2v) is 4.34. The zero-order valence-electron chi connectivity index (χ0n) is 12.1. The Hall–Kier alpha value is -1.46. The fourth-order valence-electron chi connectivity index (χ4n) is 1.42. The average molecular weight is 304 g/mol. The van der Waals surface area contributed by atoms with E-state index < -0.39 is 0 Å². The normalized spacial score (nSPS) is 9.80. The van der Waals surface area contributed by atoms with E-state index in [1.165, 1.54) is 0 Å². The Bertz CT molecular complexity index is 381. The maximum atomic E-state index is 11.4. The molecular weight excluding hydrogens is 282 g/mol. The highest BCUT2D eigenvalue weighted by molar-refractivity contribution is 5.85. The zero-order valence-corrected chi connectivity index (χ0v) is 12.9. The van der Waals surface area contributed by atoms with Crippen LogP contribution in [-0.2, 0) is 9.53 Å². The van der Waals surface area contributed by atoms with Gasteiger partial charge >= 0.3 is 5.97 Å². The highest BCUT2D eigenvalue weighted by Gasteiger charge is 2.04. The van der Waals surface area contributed by atoms with Crippen molar-refractivity contribution in [2.45, 2.75) is 6.42 Å². The molecule has 0 aromatic heterocycles. The number of hydrogen-bond donors (Lipinski definition) is 0. The second kappa shape index (κ2) is 10.3. The van der Waals surface area contributed by atoms with Gasteiger partial charge in [0, 0.05) is 6.54 Å². The largest absolute Gasteiger partial charge is 0.497 e. The molecule has 0 radical (unpaired) electrons. The molecule has 114 valence electrons. The Labute approximate surface area is 126 Å². The molecule has 0 atom stereocenters. The van der Waals surface area contributed by atoms with Crippen molar-refractivity contribution in [2.24, 2.45) is 0 Å². The van der Waals surface area contributed by atoms with Gasteiger partial charge in [-0.15, -0.1) is 12.4 Å². The van der Waals surface area contributed by atoms with Crippen LogP contribution < -0.4 is 9.47 Å². The van der Waals surface area contributed by atoms with Crippen LogP contribution >= 0.6 is 12.4 Å². The summed E-state index contributed by atoms with van der Waals surface area (Å²) in [6.45, 7) is 1.24. The number of rotatable bonds is 8. The van der Waals surface area contributed by atoms with Crippen LogP contribution in [0.3, 0.4) is 0 Å². The minimum Gasteiger partial charge on any atom is -0.497 e. The van der Waals surface area contributed by atoms with Crippen molar-refractivity contribution in [1.82, 2.24) is 4.90 Å². The zero-order chi connectivity index (χ0) is 14.1. The molecule has 5 nitrogen and oxygen atoms in total. The third-order valence-corrected chi connectivity index (χ3v) is 2.43. The number of ether oxygens (including phenoxy) is 3. The molecule has 0 amide bonds. The molecule has 0 aliphatic carbocycles. The van der Waals surface area contributed by atoms with Crippen molar-refractivity contribution < 1.29 is 19.0 Å². The highest BCUT2D eigenvalue weighted by Crippen LogP contribution is 2.16. The Kier molecular flexibility index (Phi) is 9.59. The summed E-state index contributed by atoms with van der Waals surface area (Å²) in [5, 5.41) is 0. The average Bonchev–Trinajstić information content (AvgIpc) is 2.41. The number of methoxy groups -OCH3 is 1. The van der Waals surface area contributed by atoms with Gasteiger partial charge in [-0.3, -0.25) is 0 Å². The third-order valence-electron chi connectivity index (χ3n) is 2.43. The Morgan fingerprint density at radius 2 is 1.75 bits per heavy atom. The second-order valence-electron chi connectivity index (χ2n) is 4.34. The van der Waals surface area contributed by atoms with Gasteiger partial charge in [-0.05, 0) is 44.8 Å². The van der Waals surface area contributed by atoms with Crippen LogP contribution in [0.25, 0.3) is 0 Å². The molecule has 1 aromatic rings. The molecule has 0 heterocycles. The van der Waals surface area contributed by atoms with E-state index in [0.717, 1.165) is 18.7 Å². The van der Waals surface area contributed by atoms with Crippen LogP contribution in [0.5, 0.6) is 11.5 Å². The molecule has 0 aliphatic rings. The minimum atomic E-state index is -0.352. The molecule has 1 rings (SSSR count). The maximum absolute atomic E-state index is 11.4. The number of carbonyl (C=O) groups is 1. The lowest BCUT2D eigenvalue weighted by Gasteiger charge is -2.10. The van der Waals surface area contributed by atoms with E-state index in [1.54, 1.807) is 31.4 Å². The SMILES string of the molecule is COc1ccc(OCC(=O)OCCCN(C)C)cc1.Cl. The number of hydrogen-bond acceptors (Lipinski definition) is 5. The molecule has 0 aliphatic heterocycles. The number of carbonyl (C=O) groups excluding carboxylic acids is 1. The van der Waals surface area contributed by atoms with Gasteiger partial charge in [0.2, 0.25) is 0 Å². The standard InChI is InChI=1S/C14H21NO4.ClH/c1-15(2)9-4-10-18-14(16)11-19-13-7-5-12(17-3)6-8-13;/h5-8H,4,9-11H2,1-3H3;1H. The first kappa shape index (κ1) is 18.5. The lowest BCUT2D eigenvalue weighted by Crippen LogP contribution is -2.19. The van der Waals surface area contributed by atoms with Gasteiger partial charge in [-0.1, -0.05) is 0 Å². The van der Waals surface area contributed by atoms with Crippen molar-refractivity contribution in [3.63, 3.8) is 0 Å². The molecule has 0 bridgehead atoms. The van der Waals surface area contributed by atoms with Crippen LogP contribution in [0.1, 0.15) is 6.42 Å². The summed E-state index contributed by atoms with van der Waals surface area (Å²) < 4.78 is 15.4. The first-order valence-electron chi connectivity index (χ1n) is 6.19. The van der Waals surface area contributed by atoms with Crippen LogP contribution in [0.15, 0.2) is 24.3 Å². The first-order valence-corrected chi connectivity index (χ1v) is 6.19. The molecule has 0 N–H and O–H groups in total. The molecule has 0 spiro atoms. The van der Waals surface area contributed by atoms with E-state index in [-0.39, 0.29) is 25.0 Å². The maximum Gasteiger partial charge on any atom is 0.344 e. The van der Waals surface area contributed by atoms with Gasteiger partial charge in [0.15, 0.2) is 6.61 Å². The predicted octanol–water partition coefficient (Wildman–Crippen LogP) is 1.99. The topological polar surface area (TPSA) is 48.0 Å². The van der Waals surface area contributed by atoms with Crippen molar-refractivity contribution >= 4 is 18.4 Å². The fraction of sp³-hybridized carbons (Fsp3) is 0.500. The quantitative estimate of drug-likeness (QED) is 0.543. The predicted molar refractivity (Wildman–Crippen MR) is 79.9 cm³/mol. The van der Waals surface area contributed by atoms with Gasteiger partial charge in [-0.25, -0.2) is 4.79 Å². The fourth-order valence-corrected chi connectivity index (χ4v) is 1.42.